The first kappa shape index (κ1) is 12.8. The molecule has 102 valence electrons. The van der Waals surface area contributed by atoms with E-state index in [1.54, 1.807) is 0 Å². The maximum atomic E-state index is 6.10. The summed E-state index contributed by atoms with van der Waals surface area (Å²) in [6.45, 7) is 10.9. The van der Waals surface area contributed by atoms with Crippen LogP contribution in [0.15, 0.2) is 55.1 Å². The van der Waals surface area contributed by atoms with E-state index in [4.69, 9.17) is 4.74 Å². The molecule has 2 heteroatoms. The fourth-order valence-corrected chi connectivity index (χ4v) is 2.67. The molecule has 0 fully saturated rings. The molecular weight excluding hydrogens is 246 g/mol. The number of nitrogens with zero attached hydrogens (tertiary/aromatic N) is 1. The molecule has 0 amide bonds. The highest BCUT2D eigenvalue weighted by Gasteiger charge is 2.31. The molecule has 0 aromatic heterocycles. The third kappa shape index (κ3) is 1.97. The van der Waals surface area contributed by atoms with Gasteiger partial charge in [0, 0.05) is 16.8 Å². The summed E-state index contributed by atoms with van der Waals surface area (Å²) in [6, 6.07) is 16.2. The number of benzene rings is 2. The van der Waals surface area contributed by atoms with Crippen LogP contribution in [0.25, 0.3) is 5.70 Å². The van der Waals surface area contributed by atoms with Gasteiger partial charge in [0.1, 0.15) is 5.75 Å². The molecule has 0 saturated heterocycles. The minimum atomic E-state index is -0.0754. The van der Waals surface area contributed by atoms with Crippen molar-refractivity contribution in [3.63, 3.8) is 0 Å². The molecule has 1 aliphatic rings. The van der Waals surface area contributed by atoms with E-state index in [1.807, 2.05) is 36.4 Å². The van der Waals surface area contributed by atoms with Gasteiger partial charge in [-0.15, -0.1) is 0 Å². The predicted molar refractivity (Wildman–Crippen MR) is 84.2 cm³/mol. The Morgan fingerprint density at radius 2 is 1.50 bits per heavy atom. The largest absolute Gasteiger partial charge is 0.454 e. The van der Waals surface area contributed by atoms with Crippen molar-refractivity contribution in [2.75, 3.05) is 4.90 Å². The van der Waals surface area contributed by atoms with Crippen LogP contribution < -0.4 is 9.64 Å². The van der Waals surface area contributed by atoms with Crippen LogP contribution in [0.1, 0.15) is 26.3 Å². The molecule has 20 heavy (non-hydrogen) atoms. The van der Waals surface area contributed by atoms with Gasteiger partial charge >= 0.3 is 0 Å². The van der Waals surface area contributed by atoms with Gasteiger partial charge in [-0.25, -0.2) is 0 Å². The van der Waals surface area contributed by atoms with Gasteiger partial charge < -0.3 is 9.64 Å². The zero-order valence-corrected chi connectivity index (χ0v) is 12.2. The van der Waals surface area contributed by atoms with E-state index in [-0.39, 0.29) is 5.54 Å². The molecule has 2 aromatic rings. The summed E-state index contributed by atoms with van der Waals surface area (Å²) >= 11 is 0. The van der Waals surface area contributed by atoms with Gasteiger partial charge in [-0.2, -0.15) is 0 Å². The van der Waals surface area contributed by atoms with Crippen LogP contribution in [0, 0.1) is 0 Å². The van der Waals surface area contributed by atoms with Crippen LogP contribution in [0.3, 0.4) is 0 Å². The van der Waals surface area contributed by atoms with Crippen LogP contribution in [0.4, 0.5) is 5.69 Å². The van der Waals surface area contributed by atoms with Crippen LogP contribution in [0.5, 0.6) is 11.5 Å². The SMILES string of the molecule is C=C1c2ccccc2Oc2ccccc2N1C(C)(C)C. The third-order valence-corrected chi connectivity index (χ3v) is 3.46. The normalized spacial score (nSPS) is 14.2. The lowest BCUT2D eigenvalue weighted by Gasteiger charge is -2.38. The Morgan fingerprint density at radius 3 is 2.20 bits per heavy atom. The molecule has 0 spiro atoms. The minimum Gasteiger partial charge on any atom is -0.454 e. The summed E-state index contributed by atoms with van der Waals surface area (Å²) in [6.07, 6.45) is 0. The molecule has 0 atom stereocenters. The van der Waals surface area contributed by atoms with E-state index in [2.05, 4.69) is 44.4 Å². The van der Waals surface area contributed by atoms with Crippen molar-refractivity contribution in [3.8, 4) is 11.5 Å². The van der Waals surface area contributed by atoms with Crippen molar-refractivity contribution in [1.29, 1.82) is 0 Å². The van der Waals surface area contributed by atoms with Gasteiger partial charge in [0.15, 0.2) is 5.75 Å². The Balaban J connectivity index is 2.27. The van der Waals surface area contributed by atoms with E-state index in [1.165, 1.54) is 0 Å². The second-order valence-corrected chi connectivity index (χ2v) is 6.02. The second kappa shape index (κ2) is 4.41. The summed E-state index contributed by atoms with van der Waals surface area (Å²) in [5.41, 5.74) is 2.99. The first-order valence-corrected chi connectivity index (χ1v) is 6.84. The lowest BCUT2D eigenvalue weighted by molar-refractivity contribution is 0.481. The molecule has 0 bridgehead atoms. The highest BCUT2D eigenvalue weighted by atomic mass is 16.5. The van der Waals surface area contributed by atoms with Crippen molar-refractivity contribution in [3.05, 3.63) is 60.7 Å². The Kier molecular flexibility index (Phi) is 2.82. The summed E-state index contributed by atoms with van der Waals surface area (Å²) in [5.74, 6) is 1.73. The number of anilines is 1. The topological polar surface area (TPSA) is 12.5 Å². The monoisotopic (exact) mass is 265 g/mol. The number of rotatable bonds is 0. The molecule has 2 aromatic carbocycles. The molecule has 0 unspecified atom stereocenters. The van der Waals surface area contributed by atoms with Gasteiger partial charge in [-0.3, -0.25) is 0 Å². The highest BCUT2D eigenvalue weighted by Crippen LogP contribution is 2.45. The van der Waals surface area contributed by atoms with Crippen molar-refractivity contribution >= 4 is 11.4 Å². The minimum absolute atomic E-state index is 0.0754. The van der Waals surface area contributed by atoms with E-state index >= 15 is 0 Å². The van der Waals surface area contributed by atoms with Crippen LogP contribution >= 0.6 is 0 Å². The molecule has 0 aliphatic carbocycles. The Morgan fingerprint density at radius 1 is 0.900 bits per heavy atom. The zero-order chi connectivity index (χ0) is 14.3. The predicted octanol–water partition coefficient (Wildman–Crippen LogP) is 5.07. The molecule has 0 N–H and O–H groups in total. The fraction of sp³-hybridized carbons (Fsp3) is 0.222. The van der Waals surface area contributed by atoms with Crippen LogP contribution in [-0.2, 0) is 0 Å². The standard InChI is InChI=1S/C18H19NO/c1-13-14-9-5-7-11-16(14)20-17-12-8-6-10-15(17)19(13)18(2,3)4/h5-12H,1H2,2-4H3. The van der Waals surface area contributed by atoms with E-state index in [9.17, 15) is 0 Å². The third-order valence-electron chi connectivity index (χ3n) is 3.46. The molecular formula is C18H19NO. The van der Waals surface area contributed by atoms with Crippen LogP contribution in [-0.4, -0.2) is 5.54 Å². The van der Waals surface area contributed by atoms with Gasteiger partial charge in [-0.1, -0.05) is 30.8 Å². The summed E-state index contributed by atoms with van der Waals surface area (Å²) in [5, 5.41) is 0. The van der Waals surface area contributed by atoms with Crippen molar-refractivity contribution < 1.29 is 4.74 Å². The van der Waals surface area contributed by atoms with Crippen LogP contribution in [0.2, 0.25) is 0 Å². The quantitative estimate of drug-likeness (QED) is 0.659. The average molecular weight is 265 g/mol. The average Bonchev–Trinajstić information content (AvgIpc) is 2.52. The molecule has 0 radical (unpaired) electrons. The van der Waals surface area contributed by atoms with Crippen molar-refractivity contribution in [2.45, 2.75) is 26.3 Å². The Labute approximate surface area is 120 Å². The highest BCUT2D eigenvalue weighted by molar-refractivity contribution is 5.86. The summed E-state index contributed by atoms with van der Waals surface area (Å²) < 4.78 is 6.10. The van der Waals surface area contributed by atoms with E-state index < -0.39 is 0 Å². The van der Waals surface area contributed by atoms with Gasteiger partial charge in [-0.05, 0) is 45.0 Å². The number of fused-ring (bicyclic) bond motifs is 2. The fourth-order valence-electron chi connectivity index (χ4n) is 2.67. The first-order chi connectivity index (χ1) is 9.48. The Bertz CT molecular complexity index is 667. The Hall–Kier alpha value is -2.22. The number of hydrogen-bond donors (Lipinski definition) is 0. The number of ether oxygens (including phenoxy) is 1. The van der Waals surface area contributed by atoms with Crippen molar-refractivity contribution in [1.82, 2.24) is 0 Å². The van der Waals surface area contributed by atoms with Gasteiger partial charge in [0.2, 0.25) is 0 Å². The molecule has 1 heterocycles. The van der Waals surface area contributed by atoms with Crippen molar-refractivity contribution in [2.24, 2.45) is 0 Å². The lowest BCUT2D eigenvalue weighted by atomic mass is 10.0. The lowest BCUT2D eigenvalue weighted by Crippen LogP contribution is -2.39. The second-order valence-electron chi connectivity index (χ2n) is 6.02. The molecule has 2 nitrogen and oxygen atoms in total. The van der Waals surface area contributed by atoms with E-state index in [0.29, 0.717) is 0 Å². The maximum absolute atomic E-state index is 6.10. The number of hydrogen-bond acceptors (Lipinski definition) is 2. The van der Waals surface area contributed by atoms with Gasteiger partial charge in [0.25, 0.3) is 0 Å². The molecule has 3 rings (SSSR count). The summed E-state index contributed by atoms with van der Waals surface area (Å²) in [4.78, 5) is 2.24. The molecule has 1 aliphatic heterocycles. The first-order valence-electron chi connectivity index (χ1n) is 6.84. The molecule has 0 saturated carbocycles. The summed E-state index contributed by atoms with van der Waals surface area (Å²) in [7, 11) is 0. The van der Waals surface area contributed by atoms with Gasteiger partial charge in [0.05, 0.1) is 5.69 Å². The van der Waals surface area contributed by atoms with E-state index in [0.717, 1.165) is 28.4 Å². The smallest absolute Gasteiger partial charge is 0.151 e. The zero-order valence-electron chi connectivity index (χ0n) is 12.2. The number of para-hydroxylation sites is 3. The maximum Gasteiger partial charge on any atom is 0.151 e.